The highest BCUT2D eigenvalue weighted by atomic mass is 16.6. The van der Waals surface area contributed by atoms with Gasteiger partial charge in [-0.1, -0.05) is 11.8 Å². The fourth-order valence-corrected chi connectivity index (χ4v) is 1.07. The number of carbonyl (C=O) groups is 1. The molecular weight excluding hydrogens is 222 g/mol. The lowest BCUT2D eigenvalue weighted by Gasteiger charge is -1.97. The van der Waals surface area contributed by atoms with Crippen LogP contribution in [0.5, 0.6) is 0 Å². The lowest BCUT2D eigenvalue weighted by molar-refractivity contribution is -0.384. The minimum absolute atomic E-state index is 0.0666. The van der Waals surface area contributed by atoms with Gasteiger partial charge in [0, 0.05) is 24.7 Å². The van der Waals surface area contributed by atoms with Gasteiger partial charge in [-0.15, -0.1) is 0 Å². The first-order valence-electron chi connectivity index (χ1n) is 4.78. The molecule has 0 saturated heterocycles. The van der Waals surface area contributed by atoms with Crippen molar-refractivity contribution < 1.29 is 9.72 Å². The van der Waals surface area contributed by atoms with Crippen molar-refractivity contribution >= 4 is 17.3 Å². The highest BCUT2D eigenvalue weighted by molar-refractivity contribution is 5.73. The molecule has 3 N–H and O–H groups in total. The van der Waals surface area contributed by atoms with Crippen LogP contribution in [0.3, 0.4) is 0 Å². The molecular formula is C11H11N3O3. The smallest absolute Gasteiger partial charge is 0.270 e. The summed E-state index contributed by atoms with van der Waals surface area (Å²) in [5.74, 6) is 5.14. The molecule has 88 valence electrons. The number of nitro benzene ring substituents is 1. The zero-order valence-corrected chi connectivity index (χ0v) is 9.19. The van der Waals surface area contributed by atoms with E-state index in [1.165, 1.54) is 25.1 Å². The second-order valence-corrected chi connectivity index (χ2v) is 3.24. The number of nitrogen functional groups attached to an aromatic ring is 1. The van der Waals surface area contributed by atoms with Crippen molar-refractivity contribution in [1.82, 2.24) is 5.32 Å². The van der Waals surface area contributed by atoms with Gasteiger partial charge in [0.1, 0.15) is 0 Å². The van der Waals surface area contributed by atoms with Crippen molar-refractivity contribution in [2.24, 2.45) is 0 Å². The molecule has 0 unspecified atom stereocenters. The minimum Gasteiger partial charge on any atom is -0.398 e. The summed E-state index contributed by atoms with van der Waals surface area (Å²) >= 11 is 0. The maximum atomic E-state index is 10.6. The van der Waals surface area contributed by atoms with Crippen LogP contribution in [0.2, 0.25) is 0 Å². The highest BCUT2D eigenvalue weighted by Gasteiger charge is 2.07. The standard InChI is InChI=1S/C11H11N3O3/c1-8(15)13-6-2-3-9-7-10(14(16)17)4-5-11(9)12/h4-5,7H,6,12H2,1H3,(H,13,15). The third-order valence-electron chi connectivity index (χ3n) is 1.90. The molecule has 0 bridgehead atoms. The molecule has 0 radical (unpaired) electrons. The van der Waals surface area contributed by atoms with Gasteiger partial charge in [0.2, 0.25) is 5.91 Å². The number of non-ortho nitro benzene ring substituents is 1. The summed E-state index contributed by atoms with van der Waals surface area (Å²) in [6.07, 6.45) is 0. The van der Waals surface area contributed by atoms with Crippen molar-refractivity contribution in [1.29, 1.82) is 0 Å². The number of nitrogens with two attached hydrogens (primary N) is 1. The Morgan fingerprint density at radius 2 is 2.29 bits per heavy atom. The van der Waals surface area contributed by atoms with Gasteiger partial charge < -0.3 is 11.1 Å². The summed E-state index contributed by atoms with van der Waals surface area (Å²) in [5, 5.41) is 13.0. The molecule has 0 aliphatic heterocycles. The van der Waals surface area contributed by atoms with Gasteiger partial charge in [-0.05, 0) is 6.07 Å². The maximum absolute atomic E-state index is 10.6. The first-order valence-corrected chi connectivity index (χ1v) is 4.78. The summed E-state index contributed by atoms with van der Waals surface area (Å²) in [4.78, 5) is 20.6. The average Bonchev–Trinajstić information content (AvgIpc) is 2.25. The maximum Gasteiger partial charge on any atom is 0.270 e. The molecule has 0 aliphatic rings. The Hall–Kier alpha value is -2.55. The Kier molecular flexibility index (Phi) is 4.06. The molecule has 0 aromatic heterocycles. The van der Waals surface area contributed by atoms with Crippen LogP contribution in [0.1, 0.15) is 12.5 Å². The van der Waals surface area contributed by atoms with Crippen molar-refractivity contribution in [2.75, 3.05) is 12.3 Å². The van der Waals surface area contributed by atoms with E-state index in [0.29, 0.717) is 11.3 Å². The van der Waals surface area contributed by atoms with E-state index in [-0.39, 0.29) is 18.1 Å². The molecule has 1 amide bonds. The number of carbonyl (C=O) groups excluding carboxylic acids is 1. The van der Waals surface area contributed by atoms with Gasteiger partial charge >= 0.3 is 0 Å². The molecule has 17 heavy (non-hydrogen) atoms. The third kappa shape index (κ3) is 3.83. The van der Waals surface area contributed by atoms with Crippen molar-refractivity contribution in [3.63, 3.8) is 0 Å². The zero-order valence-electron chi connectivity index (χ0n) is 9.19. The van der Waals surface area contributed by atoms with E-state index in [1.807, 2.05) is 0 Å². The molecule has 0 aliphatic carbocycles. The summed E-state index contributed by atoms with van der Waals surface area (Å²) in [6.45, 7) is 1.56. The second kappa shape index (κ2) is 5.51. The summed E-state index contributed by atoms with van der Waals surface area (Å²) < 4.78 is 0. The van der Waals surface area contributed by atoms with Crippen LogP contribution >= 0.6 is 0 Å². The van der Waals surface area contributed by atoms with Crippen LogP contribution < -0.4 is 11.1 Å². The fraction of sp³-hybridized carbons (Fsp3) is 0.182. The molecule has 0 atom stereocenters. The van der Waals surface area contributed by atoms with E-state index in [1.54, 1.807) is 0 Å². The van der Waals surface area contributed by atoms with E-state index in [0.717, 1.165) is 0 Å². The summed E-state index contributed by atoms with van der Waals surface area (Å²) in [7, 11) is 0. The molecule has 0 saturated carbocycles. The molecule has 6 nitrogen and oxygen atoms in total. The van der Waals surface area contributed by atoms with Crippen molar-refractivity contribution in [2.45, 2.75) is 6.92 Å². The van der Waals surface area contributed by atoms with Crippen LogP contribution in [-0.2, 0) is 4.79 Å². The molecule has 0 fully saturated rings. The lowest BCUT2D eigenvalue weighted by Crippen LogP contribution is -2.19. The highest BCUT2D eigenvalue weighted by Crippen LogP contribution is 2.18. The lowest BCUT2D eigenvalue weighted by atomic mass is 10.1. The number of nitro groups is 1. The number of rotatable bonds is 2. The Bertz CT molecular complexity index is 514. The largest absolute Gasteiger partial charge is 0.398 e. The Morgan fingerprint density at radius 1 is 1.59 bits per heavy atom. The minimum atomic E-state index is -0.515. The summed E-state index contributed by atoms with van der Waals surface area (Å²) in [5.41, 5.74) is 6.30. The molecule has 1 rings (SSSR count). The summed E-state index contributed by atoms with van der Waals surface area (Å²) in [6, 6.07) is 4.05. The van der Waals surface area contributed by atoms with E-state index in [2.05, 4.69) is 17.2 Å². The topological polar surface area (TPSA) is 98.3 Å². The monoisotopic (exact) mass is 233 g/mol. The number of nitrogens with one attached hydrogen (secondary N) is 1. The Labute approximate surface area is 98.0 Å². The van der Waals surface area contributed by atoms with Crippen LogP contribution in [0.25, 0.3) is 0 Å². The van der Waals surface area contributed by atoms with Crippen molar-refractivity contribution in [3.05, 3.63) is 33.9 Å². The van der Waals surface area contributed by atoms with E-state index < -0.39 is 4.92 Å². The Morgan fingerprint density at radius 3 is 2.88 bits per heavy atom. The number of anilines is 1. The molecule has 0 spiro atoms. The van der Waals surface area contributed by atoms with Gasteiger partial charge in [-0.2, -0.15) is 0 Å². The quantitative estimate of drug-likeness (QED) is 0.339. The number of nitrogens with zero attached hydrogens (tertiary/aromatic N) is 1. The first kappa shape index (κ1) is 12.5. The Balaban J connectivity index is 2.86. The molecule has 1 aromatic carbocycles. The van der Waals surface area contributed by atoms with Crippen LogP contribution in [0.15, 0.2) is 18.2 Å². The normalized spacial score (nSPS) is 9.00. The fourth-order valence-electron chi connectivity index (χ4n) is 1.07. The van der Waals surface area contributed by atoms with Gasteiger partial charge in [-0.25, -0.2) is 0 Å². The average molecular weight is 233 g/mol. The van der Waals surface area contributed by atoms with Gasteiger partial charge in [0.15, 0.2) is 0 Å². The number of hydrogen-bond acceptors (Lipinski definition) is 4. The number of amides is 1. The number of benzene rings is 1. The molecule has 6 heteroatoms. The van der Waals surface area contributed by atoms with E-state index >= 15 is 0 Å². The van der Waals surface area contributed by atoms with Crippen LogP contribution in [0, 0.1) is 22.0 Å². The molecule has 1 aromatic rings. The third-order valence-corrected chi connectivity index (χ3v) is 1.90. The van der Waals surface area contributed by atoms with Crippen LogP contribution in [-0.4, -0.2) is 17.4 Å². The van der Waals surface area contributed by atoms with Gasteiger partial charge in [0.25, 0.3) is 5.69 Å². The second-order valence-electron chi connectivity index (χ2n) is 3.24. The first-order chi connectivity index (χ1) is 8.00. The number of hydrogen-bond donors (Lipinski definition) is 2. The SMILES string of the molecule is CC(=O)NCC#Cc1cc([N+](=O)[O-])ccc1N. The van der Waals surface area contributed by atoms with Gasteiger partial charge in [-0.3, -0.25) is 14.9 Å². The zero-order chi connectivity index (χ0) is 12.8. The van der Waals surface area contributed by atoms with E-state index in [9.17, 15) is 14.9 Å². The van der Waals surface area contributed by atoms with Crippen molar-refractivity contribution in [3.8, 4) is 11.8 Å². The predicted octanol–water partition coefficient (Wildman–Crippen LogP) is 0.665. The van der Waals surface area contributed by atoms with E-state index in [4.69, 9.17) is 5.73 Å². The van der Waals surface area contributed by atoms with Gasteiger partial charge in [0.05, 0.1) is 17.0 Å². The van der Waals surface area contributed by atoms with Crippen LogP contribution in [0.4, 0.5) is 11.4 Å². The molecule has 0 heterocycles. The predicted molar refractivity (Wildman–Crippen MR) is 63.1 cm³/mol.